The van der Waals surface area contributed by atoms with Gasteiger partial charge in [0.25, 0.3) is 0 Å². The number of Topliss-reactive ketones (excluding diaryl/α,β-unsaturated/α-hetero) is 2. The van der Waals surface area contributed by atoms with Gasteiger partial charge in [0.15, 0.2) is 23.1 Å². The van der Waals surface area contributed by atoms with Crippen LogP contribution in [0.25, 0.3) is 0 Å². The maximum atomic E-state index is 14.3. The quantitative estimate of drug-likeness (QED) is 0.318. The first-order chi connectivity index (χ1) is 21.0. The molecule has 6 heteroatoms. The summed E-state index contributed by atoms with van der Waals surface area (Å²) in [5.41, 5.74) is 4.88. The van der Waals surface area contributed by atoms with E-state index in [1.165, 1.54) is 25.3 Å². The second-order valence-corrected chi connectivity index (χ2v) is 14.7. The van der Waals surface area contributed by atoms with Gasteiger partial charge in [0.05, 0.1) is 6.61 Å². The third kappa shape index (κ3) is 5.84. The Labute approximate surface area is 261 Å². The Hall–Kier alpha value is -3.41. The average molecular weight is 600 g/mol. The number of carbonyl (C=O) groups excluding carboxylic acids is 2. The smallest absolute Gasteiger partial charge is 0.162 e. The first-order valence-corrected chi connectivity index (χ1v) is 16.4. The molecule has 44 heavy (non-hydrogen) atoms. The van der Waals surface area contributed by atoms with Crippen molar-refractivity contribution in [2.45, 2.75) is 111 Å². The summed E-state index contributed by atoms with van der Waals surface area (Å²) < 4.78 is 26.5. The molecule has 0 radical (unpaired) electrons. The molecule has 5 nitrogen and oxygen atoms in total. The molecule has 0 saturated heterocycles. The fourth-order valence-corrected chi connectivity index (χ4v) is 7.97. The average Bonchev–Trinajstić information content (AvgIpc) is 2.95. The second kappa shape index (κ2) is 11.8. The number of halogens is 1. The van der Waals surface area contributed by atoms with E-state index in [0.717, 1.165) is 53.8 Å². The molecule has 1 fully saturated rings. The van der Waals surface area contributed by atoms with Crippen LogP contribution in [0, 0.1) is 16.6 Å². The van der Waals surface area contributed by atoms with Crippen LogP contribution in [0.5, 0.6) is 11.5 Å². The third-order valence-electron chi connectivity index (χ3n) is 9.83. The number of rotatable bonds is 7. The fourth-order valence-electron chi connectivity index (χ4n) is 7.97. The molecule has 2 aromatic rings. The molecule has 1 heterocycles. The van der Waals surface area contributed by atoms with Crippen molar-refractivity contribution in [1.29, 1.82) is 0 Å². The largest absolute Gasteiger partial charge is 0.490 e. The first kappa shape index (κ1) is 30.6. The van der Waals surface area contributed by atoms with Crippen LogP contribution >= 0.6 is 0 Å². The maximum absolute atomic E-state index is 14.3. The van der Waals surface area contributed by atoms with E-state index in [9.17, 15) is 14.0 Å². The standard InChI is InChI=1S/C38H46FNO4/c1-6-43-33-18-24(16-17-32(33)44-23-25-12-10-11-15-27(25)39)34-35-28(19-37(2,3)21-30(35)41)40(26-13-8-7-9-14-26)29-20-38(4,5)22-31(42)36(29)34/h10-12,15-18,26,34H,6-9,13-14,19-23H2,1-5H3. The Balaban J connectivity index is 1.49. The summed E-state index contributed by atoms with van der Waals surface area (Å²) in [6, 6.07) is 12.7. The summed E-state index contributed by atoms with van der Waals surface area (Å²) in [6.45, 7) is 11.2. The number of ether oxygens (including phenoxy) is 2. The SMILES string of the molecule is CCOc1cc(C2C3=C(CC(C)(C)CC3=O)N(C3CCCCC3)C3=C2C(=O)CC(C)(C)C3)ccc1OCc1ccccc1F. The Bertz CT molecular complexity index is 1470. The predicted octanol–water partition coefficient (Wildman–Crippen LogP) is 8.82. The first-order valence-electron chi connectivity index (χ1n) is 16.4. The summed E-state index contributed by atoms with van der Waals surface area (Å²) in [7, 11) is 0. The Kier molecular flexibility index (Phi) is 8.23. The number of benzene rings is 2. The van der Waals surface area contributed by atoms with Gasteiger partial charge in [-0.15, -0.1) is 0 Å². The number of carbonyl (C=O) groups is 2. The molecule has 234 valence electrons. The van der Waals surface area contributed by atoms with Crippen molar-refractivity contribution in [3.8, 4) is 11.5 Å². The van der Waals surface area contributed by atoms with Gasteiger partial charge in [-0.05, 0) is 67.2 Å². The highest BCUT2D eigenvalue weighted by molar-refractivity contribution is 6.06. The molecule has 0 amide bonds. The summed E-state index contributed by atoms with van der Waals surface area (Å²) >= 11 is 0. The van der Waals surface area contributed by atoms with E-state index in [4.69, 9.17) is 9.47 Å². The zero-order valence-corrected chi connectivity index (χ0v) is 26.9. The van der Waals surface area contributed by atoms with Crippen LogP contribution in [0.15, 0.2) is 65.0 Å². The van der Waals surface area contributed by atoms with Gasteiger partial charge in [-0.1, -0.05) is 71.2 Å². The summed E-state index contributed by atoms with van der Waals surface area (Å²) in [6.07, 6.45) is 8.33. The fraction of sp³-hybridized carbons (Fsp3) is 0.526. The predicted molar refractivity (Wildman–Crippen MR) is 170 cm³/mol. The molecule has 1 saturated carbocycles. The van der Waals surface area contributed by atoms with Crippen LogP contribution < -0.4 is 9.47 Å². The molecule has 0 spiro atoms. The summed E-state index contributed by atoms with van der Waals surface area (Å²) in [4.78, 5) is 30.9. The van der Waals surface area contributed by atoms with Crippen molar-refractivity contribution in [1.82, 2.24) is 4.90 Å². The second-order valence-electron chi connectivity index (χ2n) is 14.7. The molecular formula is C38H46FNO4. The van der Waals surface area contributed by atoms with E-state index in [1.54, 1.807) is 18.2 Å². The van der Waals surface area contributed by atoms with E-state index in [-0.39, 0.29) is 34.8 Å². The van der Waals surface area contributed by atoms with E-state index in [1.807, 2.05) is 25.1 Å². The van der Waals surface area contributed by atoms with Gasteiger partial charge < -0.3 is 14.4 Å². The van der Waals surface area contributed by atoms with Crippen molar-refractivity contribution >= 4 is 11.6 Å². The molecular weight excluding hydrogens is 553 g/mol. The number of hydrogen-bond donors (Lipinski definition) is 0. The normalized spacial score (nSPS) is 22.2. The molecule has 6 rings (SSSR count). The van der Waals surface area contributed by atoms with Gasteiger partial charge in [-0.3, -0.25) is 9.59 Å². The molecule has 0 atom stereocenters. The minimum Gasteiger partial charge on any atom is -0.490 e. The monoisotopic (exact) mass is 599 g/mol. The van der Waals surface area contributed by atoms with Crippen LogP contribution in [-0.2, 0) is 16.2 Å². The van der Waals surface area contributed by atoms with Gasteiger partial charge in [-0.2, -0.15) is 0 Å². The highest BCUT2D eigenvalue weighted by Gasteiger charge is 2.50. The van der Waals surface area contributed by atoms with Gasteiger partial charge in [0.1, 0.15) is 12.4 Å². The highest BCUT2D eigenvalue weighted by atomic mass is 19.1. The molecule has 4 aliphatic rings. The molecule has 2 aromatic carbocycles. The summed E-state index contributed by atoms with van der Waals surface area (Å²) in [5.74, 6) is 0.574. The zero-order valence-electron chi connectivity index (χ0n) is 26.9. The van der Waals surface area contributed by atoms with E-state index < -0.39 is 5.92 Å². The van der Waals surface area contributed by atoms with Crippen molar-refractivity contribution in [2.75, 3.05) is 6.61 Å². The van der Waals surface area contributed by atoms with Crippen LogP contribution in [0.2, 0.25) is 0 Å². The van der Waals surface area contributed by atoms with Gasteiger partial charge >= 0.3 is 0 Å². The Morgan fingerprint density at radius 1 is 0.795 bits per heavy atom. The molecule has 0 unspecified atom stereocenters. The lowest BCUT2D eigenvalue weighted by molar-refractivity contribution is -0.119. The van der Waals surface area contributed by atoms with Crippen LogP contribution in [0.3, 0.4) is 0 Å². The van der Waals surface area contributed by atoms with Crippen molar-refractivity contribution in [2.24, 2.45) is 10.8 Å². The van der Waals surface area contributed by atoms with Gasteiger partial charge in [-0.25, -0.2) is 4.39 Å². The molecule has 0 N–H and O–H groups in total. The van der Waals surface area contributed by atoms with E-state index in [0.29, 0.717) is 42.6 Å². The highest BCUT2D eigenvalue weighted by Crippen LogP contribution is 2.56. The van der Waals surface area contributed by atoms with Crippen molar-refractivity contribution in [3.63, 3.8) is 0 Å². The number of nitrogens with zero attached hydrogens (tertiary/aromatic N) is 1. The number of hydrogen-bond acceptors (Lipinski definition) is 5. The van der Waals surface area contributed by atoms with Crippen LogP contribution in [0.4, 0.5) is 4.39 Å². The number of ketones is 2. The third-order valence-corrected chi connectivity index (χ3v) is 9.83. The van der Waals surface area contributed by atoms with E-state index in [2.05, 4.69) is 32.6 Å². The molecule has 0 aromatic heterocycles. The van der Waals surface area contributed by atoms with Gasteiger partial charge in [0.2, 0.25) is 0 Å². The Morgan fingerprint density at radius 3 is 2.00 bits per heavy atom. The lowest BCUT2D eigenvalue weighted by Gasteiger charge is -2.52. The minimum absolute atomic E-state index is 0.0671. The molecule has 0 bridgehead atoms. The van der Waals surface area contributed by atoms with Crippen molar-refractivity contribution < 1.29 is 23.5 Å². The topological polar surface area (TPSA) is 55.8 Å². The lowest BCUT2D eigenvalue weighted by Crippen LogP contribution is -2.48. The molecule has 1 aliphatic heterocycles. The number of allylic oxidation sites excluding steroid dienone is 4. The lowest BCUT2D eigenvalue weighted by atomic mass is 9.63. The van der Waals surface area contributed by atoms with Crippen molar-refractivity contribution in [3.05, 3.63) is 81.9 Å². The minimum atomic E-state index is -0.438. The summed E-state index contributed by atoms with van der Waals surface area (Å²) in [5, 5.41) is 0. The van der Waals surface area contributed by atoms with Crippen LogP contribution in [0.1, 0.15) is 109 Å². The molecule has 3 aliphatic carbocycles. The van der Waals surface area contributed by atoms with Gasteiger partial charge in [0, 0.05) is 52.9 Å². The Morgan fingerprint density at radius 2 is 1.41 bits per heavy atom. The van der Waals surface area contributed by atoms with Crippen LogP contribution in [-0.4, -0.2) is 29.1 Å². The van der Waals surface area contributed by atoms with E-state index >= 15 is 0 Å². The zero-order chi connectivity index (χ0) is 31.2. The maximum Gasteiger partial charge on any atom is 0.162 e.